The number of para-hydroxylation sites is 1. The van der Waals surface area contributed by atoms with Gasteiger partial charge < -0.3 is 5.32 Å². The van der Waals surface area contributed by atoms with Gasteiger partial charge in [-0.15, -0.1) is 11.3 Å². The number of halogens is 1. The first-order valence-electron chi connectivity index (χ1n) is 6.23. The van der Waals surface area contributed by atoms with E-state index >= 15 is 0 Å². The lowest BCUT2D eigenvalue weighted by molar-refractivity contribution is -0.385. The van der Waals surface area contributed by atoms with E-state index in [0.29, 0.717) is 5.56 Å². The van der Waals surface area contributed by atoms with Gasteiger partial charge in [-0.1, -0.05) is 29.8 Å². The topological polar surface area (TPSA) is 55.2 Å². The van der Waals surface area contributed by atoms with Crippen LogP contribution in [0.25, 0.3) is 0 Å². The van der Waals surface area contributed by atoms with Crippen LogP contribution in [0.3, 0.4) is 0 Å². The molecule has 0 amide bonds. The third kappa shape index (κ3) is 3.36. The smallest absolute Gasteiger partial charge is 0.274 e. The highest BCUT2D eigenvalue weighted by atomic mass is 35.5. The SMILES string of the molecule is CC(NC(C)c1ccccc1[N+](=O)[O-])c1ccc(Cl)s1. The van der Waals surface area contributed by atoms with Crippen LogP contribution in [0.5, 0.6) is 0 Å². The first kappa shape index (κ1) is 15.0. The van der Waals surface area contributed by atoms with Gasteiger partial charge in [0, 0.05) is 28.6 Å². The fraction of sp³-hybridized carbons (Fsp3) is 0.286. The van der Waals surface area contributed by atoms with Crippen LogP contribution < -0.4 is 5.32 Å². The number of nitro benzene ring substituents is 1. The Morgan fingerprint density at radius 2 is 1.90 bits per heavy atom. The van der Waals surface area contributed by atoms with Crippen LogP contribution in [0.4, 0.5) is 5.69 Å². The Morgan fingerprint density at radius 1 is 1.20 bits per heavy atom. The average Bonchev–Trinajstić information content (AvgIpc) is 2.85. The zero-order valence-electron chi connectivity index (χ0n) is 11.2. The molecule has 1 heterocycles. The molecule has 20 heavy (non-hydrogen) atoms. The molecule has 2 aromatic rings. The largest absolute Gasteiger partial charge is 0.303 e. The van der Waals surface area contributed by atoms with Gasteiger partial charge in [-0.3, -0.25) is 10.1 Å². The van der Waals surface area contributed by atoms with Crippen molar-refractivity contribution in [3.8, 4) is 0 Å². The van der Waals surface area contributed by atoms with Crippen LogP contribution in [-0.2, 0) is 0 Å². The number of nitrogens with zero attached hydrogens (tertiary/aromatic N) is 1. The molecular formula is C14H15ClN2O2S. The van der Waals surface area contributed by atoms with Crippen molar-refractivity contribution in [3.05, 3.63) is 61.3 Å². The molecule has 0 spiro atoms. The van der Waals surface area contributed by atoms with Gasteiger partial charge in [0.15, 0.2) is 0 Å². The molecule has 1 N–H and O–H groups in total. The van der Waals surface area contributed by atoms with E-state index < -0.39 is 0 Å². The Kier molecular flexibility index (Phi) is 4.75. The van der Waals surface area contributed by atoms with Crippen LogP contribution in [0.1, 0.15) is 36.4 Å². The van der Waals surface area contributed by atoms with Crippen molar-refractivity contribution in [1.29, 1.82) is 0 Å². The summed E-state index contributed by atoms with van der Waals surface area (Å²) in [7, 11) is 0. The Morgan fingerprint density at radius 3 is 2.50 bits per heavy atom. The molecular weight excluding hydrogens is 296 g/mol. The minimum Gasteiger partial charge on any atom is -0.303 e. The predicted molar refractivity (Wildman–Crippen MR) is 82.4 cm³/mol. The van der Waals surface area contributed by atoms with Gasteiger partial charge in [0.1, 0.15) is 0 Å². The third-order valence-electron chi connectivity index (χ3n) is 3.12. The summed E-state index contributed by atoms with van der Waals surface area (Å²) in [6.07, 6.45) is 0. The molecule has 1 aromatic heterocycles. The molecule has 6 heteroatoms. The zero-order valence-corrected chi connectivity index (χ0v) is 12.7. The van der Waals surface area contributed by atoms with E-state index in [1.165, 1.54) is 17.4 Å². The molecule has 0 saturated carbocycles. The average molecular weight is 311 g/mol. The van der Waals surface area contributed by atoms with Gasteiger partial charge in [-0.05, 0) is 26.0 Å². The fourth-order valence-corrected chi connectivity index (χ4v) is 3.20. The summed E-state index contributed by atoms with van der Waals surface area (Å²) in [5.74, 6) is 0. The van der Waals surface area contributed by atoms with E-state index in [2.05, 4.69) is 5.32 Å². The molecule has 0 bridgehead atoms. The minimum atomic E-state index is -0.347. The van der Waals surface area contributed by atoms with E-state index in [1.54, 1.807) is 12.1 Å². The lowest BCUT2D eigenvalue weighted by atomic mass is 10.1. The second-order valence-corrected chi connectivity index (χ2v) is 6.31. The molecule has 106 valence electrons. The van der Waals surface area contributed by atoms with E-state index in [9.17, 15) is 10.1 Å². The molecule has 2 rings (SSSR count). The Hall–Kier alpha value is -1.43. The standard InChI is InChI=1S/C14H15ClN2O2S/c1-9(11-5-3-4-6-12(11)17(18)19)16-10(2)13-7-8-14(15)20-13/h3-10,16H,1-2H3. The van der Waals surface area contributed by atoms with Gasteiger partial charge in [0.25, 0.3) is 5.69 Å². The highest BCUT2D eigenvalue weighted by Gasteiger charge is 2.20. The first-order chi connectivity index (χ1) is 9.49. The van der Waals surface area contributed by atoms with Gasteiger partial charge in [0.05, 0.1) is 9.26 Å². The second-order valence-electron chi connectivity index (χ2n) is 4.57. The zero-order chi connectivity index (χ0) is 14.7. The van der Waals surface area contributed by atoms with Crippen LogP contribution in [0.2, 0.25) is 4.34 Å². The summed E-state index contributed by atoms with van der Waals surface area (Å²) in [5, 5.41) is 14.4. The van der Waals surface area contributed by atoms with E-state index in [0.717, 1.165) is 9.21 Å². The predicted octanol–water partition coefficient (Wildman–Crippen LogP) is 4.72. The van der Waals surface area contributed by atoms with Crippen molar-refractivity contribution in [3.63, 3.8) is 0 Å². The summed E-state index contributed by atoms with van der Waals surface area (Å²) >= 11 is 7.44. The summed E-state index contributed by atoms with van der Waals surface area (Å²) < 4.78 is 0.743. The molecule has 1 aromatic carbocycles. The third-order valence-corrected chi connectivity index (χ3v) is 4.53. The second kappa shape index (κ2) is 6.35. The van der Waals surface area contributed by atoms with Crippen LogP contribution in [0.15, 0.2) is 36.4 Å². The van der Waals surface area contributed by atoms with E-state index in [-0.39, 0.29) is 22.7 Å². The maximum Gasteiger partial charge on any atom is 0.274 e. The quantitative estimate of drug-likeness (QED) is 0.642. The molecule has 2 unspecified atom stereocenters. The Bertz CT molecular complexity index is 615. The van der Waals surface area contributed by atoms with Crippen molar-refractivity contribution in [2.24, 2.45) is 0 Å². The van der Waals surface area contributed by atoms with Crippen LogP contribution >= 0.6 is 22.9 Å². The highest BCUT2D eigenvalue weighted by molar-refractivity contribution is 7.16. The number of nitro groups is 1. The number of benzene rings is 1. The monoisotopic (exact) mass is 310 g/mol. The lowest BCUT2D eigenvalue weighted by Crippen LogP contribution is -2.22. The number of hydrogen-bond donors (Lipinski definition) is 1. The fourth-order valence-electron chi connectivity index (χ4n) is 2.13. The molecule has 4 nitrogen and oxygen atoms in total. The molecule has 2 atom stereocenters. The van der Waals surface area contributed by atoms with Crippen molar-refractivity contribution in [2.75, 3.05) is 0 Å². The summed E-state index contributed by atoms with van der Waals surface area (Å²) in [4.78, 5) is 11.8. The van der Waals surface area contributed by atoms with Crippen molar-refractivity contribution >= 4 is 28.6 Å². The van der Waals surface area contributed by atoms with Gasteiger partial charge in [0.2, 0.25) is 0 Å². The molecule has 0 aliphatic carbocycles. The lowest BCUT2D eigenvalue weighted by Gasteiger charge is -2.19. The molecule has 0 saturated heterocycles. The van der Waals surface area contributed by atoms with Gasteiger partial charge in [-0.2, -0.15) is 0 Å². The van der Waals surface area contributed by atoms with Gasteiger partial charge in [-0.25, -0.2) is 0 Å². The van der Waals surface area contributed by atoms with E-state index in [1.807, 2.05) is 32.0 Å². The van der Waals surface area contributed by atoms with Gasteiger partial charge >= 0.3 is 0 Å². The van der Waals surface area contributed by atoms with Crippen LogP contribution in [0, 0.1) is 10.1 Å². The Labute approximate surface area is 126 Å². The number of hydrogen-bond acceptors (Lipinski definition) is 4. The number of nitrogens with one attached hydrogen (secondary N) is 1. The maximum absolute atomic E-state index is 11.0. The van der Waals surface area contributed by atoms with Crippen molar-refractivity contribution in [2.45, 2.75) is 25.9 Å². The normalized spacial score (nSPS) is 13.9. The summed E-state index contributed by atoms with van der Waals surface area (Å²) in [6, 6.07) is 10.6. The van der Waals surface area contributed by atoms with Crippen LogP contribution in [-0.4, -0.2) is 4.92 Å². The van der Waals surface area contributed by atoms with E-state index in [4.69, 9.17) is 11.6 Å². The minimum absolute atomic E-state index is 0.0855. The first-order valence-corrected chi connectivity index (χ1v) is 7.43. The molecule has 0 aliphatic heterocycles. The maximum atomic E-state index is 11.0. The Balaban J connectivity index is 2.16. The van der Waals surface area contributed by atoms with Crippen molar-refractivity contribution < 1.29 is 4.92 Å². The molecule has 0 aliphatic rings. The number of rotatable bonds is 5. The summed E-state index contributed by atoms with van der Waals surface area (Å²) in [5.41, 5.74) is 0.830. The molecule has 0 fully saturated rings. The van der Waals surface area contributed by atoms with Crippen molar-refractivity contribution in [1.82, 2.24) is 5.32 Å². The highest BCUT2D eigenvalue weighted by Crippen LogP contribution is 2.30. The summed E-state index contributed by atoms with van der Waals surface area (Å²) in [6.45, 7) is 3.95. The molecule has 0 radical (unpaired) electrons. The number of thiophene rings is 1.